The number of carbonyl (C=O) groups excluding carboxylic acids is 1. The number of aliphatic hydroxyl groups excluding tert-OH is 1. The topological polar surface area (TPSA) is 87.1 Å². The fourth-order valence-corrected chi connectivity index (χ4v) is 2.62. The van der Waals surface area contributed by atoms with E-state index in [1.165, 1.54) is 4.90 Å². The van der Waals surface area contributed by atoms with E-state index in [4.69, 9.17) is 9.84 Å². The summed E-state index contributed by atoms with van der Waals surface area (Å²) in [4.78, 5) is 24.6. The van der Waals surface area contributed by atoms with Crippen LogP contribution in [0, 0.1) is 0 Å². The highest BCUT2D eigenvalue weighted by atomic mass is 16.5. The zero-order chi connectivity index (χ0) is 15.4. The van der Waals surface area contributed by atoms with Crippen molar-refractivity contribution in [3.05, 3.63) is 29.8 Å². The molecular formula is C15H19NO5. The quantitative estimate of drug-likeness (QED) is 0.833. The third-order valence-electron chi connectivity index (χ3n) is 3.69. The molecule has 2 N–H and O–H groups in total. The standard InChI is InChI=1S/C15H19NO5/c1-21-13-5-3-2-4-10(13)6-7-14(18)16-9-11(17)8-12(16)15(19)20/h2-5,11-12,17H,6-9H2,1H3,(H,19,20)/t11-,12-/m0/s1. The number of benzene rings is 1. The number of aliphatic carboxylic acids is 1. The number of carboxylic acids is 1. The van der Waals surface area contributed by atoms with Crippen LogP contribution in [0.25, 0.3) is 0 Å². The molecule has 1 fully saturated rings. The number of carboxylic acid groups (broad SMARTS) is 1. The van der Waals surface area contributed by atoms with Crippen LogP contribution in [0.15, 0.2) is 24.3 Å². The number of nitrogens with zero attached hydrogens (tertiary/aromatic N) is 1. The molecule has 0 aliphatic carbocycles. The molecule has 1 heterocycles. The van der Waals surface area contributed by atoms with Gasteiger partial charge in [-0.2, -0.15) is 0 Å². The van der Waals surface area contributed by atoms with Crippen molar-refractivity contribution in [2.45, 2.75) is 31.4 Å². The van der Waals surface area contributed by atoms with Crippen molar-refractivity contribution < 1.29 is 24.5 Å². The summed E-state index contributed by atoms with van der Waals surface area (Å²) >= 11 is 0. The summed E-state index contributed by atoms with van der Waals surface area (Å²) in [5.74, 6) is -0.622. The third kappa shape index (κ3) is 3.52. The van der Waals surface area contributed by atoms with E-state index in [-0.39, 0.29) is 25.3 Å². The van der Waals surface area contributed by atoms with E-state index in [9.17, 15) is 14.7 Å². The van der Waals surface area contributed by atoms with Crippen molar-refractivity contribution in [2.75, 3.05) is 13.7 Å². The Morgan fingerprint density at radius 3 is 2.76 bits per heavy atom. The fourth-order valence-electron chi connectivity index (χ4n) is 2.62. The van der Waals surface area contributed by atoms with Gasteiger partial charge in [-0.3, -0.25) is 4.79 Å². The maximum atomic E-state index is 12.2. The van der Waals surface area contributed by atoms with Crippen molar-refractivity contribution in [2.24, 2.45) is 0 Å². The van der Waals surface area contributed by atoms with Crippen LogP contribution < -0.4 is 4.74 Å². The van der Waals surface area contributed by atoms with Crippen LogP contribution in [0.2, 0.25) is 0 Å². The van der Waals surface area contributed by atoms with Crippen LogP contribution >= 0.6 is 0 Å². The summed E-state index contributed by atoms with van der Waals surface area (Å²) in [6.45, 7) is 0.0850. The minimum atomic E-state index is -1.07. The molecule has 0 unspecified atom stereocenters. The molecule has 1 aromatic carbocycles. The van der Waals surface area contributed by atoms with Gasteiger partial charge in [0.05, 0.1) is 13.2 Å². The number of para-hydroxylation sites is 1. The number of aliphatic hydroxyl groups is 1. The Balaban J connectivity index is 2.00. The van der Waals surface area contributed by atoms with E-state index in [0.717, 1.165) is 5.56 Å². The number of ether oxygens (including phenoxy) is 1. The Kier molecular flexibility index (Phi) is 4.80. The van der Waals surface area contributed by atoms with Crippen molar-refractivity contribution in [1.29, 1.82) is 0 Å². The van der Waals surface area contributed by atoms with Gasteiger partial charge in [0.2, 0.25) is 5.91 Å². The third-order valence-corrected chi connectivity index (χ3v) is 3.69. The minimum absolute atomic E-state index is 0.0850. The molecule has 21 heavy (non-hydrogen) atoms. The number of aryl methyl sites for hydroxylation is 1. The van der Waals surface area contributed by atoms with Gasteiger partial charge in [0.1, 0.15) is 11.8 Å². The van der Waals surface area contributed by atoms with Crippen LogP contribution in [-0.4, -0.2) is 52.8 Å². The van der Waals surface area contributed by atoms with Crippen molar-refractivity contribution in [1.82, 2.24) is 4.90 Å². The smallest absolute Gasteiger partial charge is 0.326 e. The number of hydrogen-bond acceptors (Lipinski definition) is 4. The van der Waals surface area contributed by atoms with Crippen molar-refractivity contribution in [3.8, 4) is 5.75 Å². The van der Waals surface area contributed by atoms with E-state index in [1.54, 1.807) is 7.11 Å². The molecule has 2 rings (SSSR count). The number of amides is 1. The number of methoxy groups -OCH3 is 1. The van der Waals surface area contributed by atoms with Crippen LogP contribution in [0.1, 0.15) is 18.4 Å². The molecule has 2 atom stereocenters. The molecule has 0 radical (unpaired) electrons. The van der Waals surface area contributed by atoms with Gasteiger partial charge < -0.3 is 19.8 Å². The van der Waals surface area contributed by atoms with Gasteiger partial charge in [-0.1, -0.05) is 18.2 Å². The normalized spacial score (nSPS) is 21.3. The molecule has 6 nitrogen and oxygen atoms in total. The van der Waals surface area contributed by atoms with Crippen LogP contribution in [-0.2, 0) is 16.0 Å². The van der Waals surface area contributed by atoms with Gasteiger partial charge in [-0.05, 0) is 18.1 Å². The number of carbonyl (C=O) groups is 2. The highest BCUT2D eigenvalue weighted by Gasteiger charge is 2.38. The van der Waals surface area contributed by atoms with E-state index < -0.39 is 18.1 Å². The lowest BCUT2D eigenvalue weighted by Gasteiger charge is -2.21. The molecule has 6 heteroatoms. The molecule has 0 bridgehead atoms. The highest BCUT2D eigenvalue weighted by Crippen LogP contribution is 2.22. The first kappa shape index (κ1) is 15.3. The van der Waals surface area contributed by atoms with Crippen LogP contribution in [0.3, 0.4) is 0 Å². The van der Waals surface area contributed by atoms with Gasteiger partial charge in [0.25, 0.3) is 0 Å². The maximum Gasteiger partial charge on any atom is 0.326 e. The Hall–Kier alpha value is -2.08. The van der Waals surface area contributed by atoms with E-state index in [2.05, 4.69) is 0 Å². The second-order valence-corrected chi connectivity index (χ2v) is 5.10. The van der Waals surface area contributed by atoms with Gasteiger partial charge in [-0.15, -0.1) is 0 Å². The van der Waals surface area contributed by atoms with E-state index >= 15 is 0 Å². The lowest BCUT2D eigenvalue weighted by molar-refractivity contribution is -0.148. The van der Waals surface area contributed by atoms with Gasteiger partial charge in [0.15, 0.2) is 0 Å². The zero-order valence-electron chi connectivity index (χ0n) is 11.9. The minimum Gasteiger partial charge on any atom is -0.496 e. The molecule has 1 amide bonds. The molecule has 1 aliphatic heterocycles. The predicted molar refractivity (Wildman–Crippen MR) is 75.1 cm³/mol. The average Bonchev–Trinajstić information content (AvgIpc) is 2.87. The van der Waals surface area contributed by atoms with Crippen LogP contribution in [0.5, 0.6) is 5.75 Å². The summed E-state index contributed by atoms with van der Waals surface area (Å²) in [7, 11) is 1.57. The molecule has 1 aliphatic rings. The van der Waals surface area contributed by atoms with E-state index in [1.807, 2.05) is 24.3 Å². The first-order valence-electron chi connectivity index (χ1n) is 6.85. The van der Waals surface area contributed by atoms with Gasteiger partial charge in [0, 0.05) is 19.4 Å². The SMILES string of the molecule is COc1ccccc1CCC(=O)N1C[C@@H](O)C[C@H]1C(=O)O. The zero-order valence-corrected chi connectivity index (χ0v) is 11.9. The summed E-state index contributed by atoms with van der Waals surface area (Å²) in [6.07, 6.45) is -0.00436. The summed E-state index contributed by atoms with van der Waals surface area (Å²) < 4.78 is 5.22. The Morgan fingerprint density at radius 1 is 1.38 bits per heavy atom. The Bertz CT molecular complexity index is 531. The number of likely N-dealkylation sites (tertiary alicyclic amines) is 1. The second-order valence-electron chi connectivity index (χ2n) is 5.10. The number of hydrogen-bond donors (Lipinski definition) is 2. The lowest BCUT2D eigenvalue weighted by Crippen LogP contribution is -2.40. The van der Waals surface area contributed by atoms with Crippen molar-refractivity contribution in [3.63, 3.8) is 0 Å². The van der Waals surface area contributed by atoms with Gasteiger partial charge in [-0.25, -0.2) is 4.79 Å². The summed E-state index contributed by atoms with van der Waals surface area (Å²) in [5, 5.41) is 18.7. The van der Waals surface area contributed by atoms with Gasteiger partial charge >= 0.3 is 5.97 Å². The fraction of sp³-hybridized carbons (Fsp3) is 0.467. The molecule has 114 valence electrons. The Labute approximate surface area is 122 Å². The average molecular weight is 293 g/mol. The number of β-amino-alcohol motifs (C(OH)–C–C–N with tert-alkyl or cyclic N) is 1. The molecule has 1 aromatic rings. The molecule has 0 aromatic heterocycles. The first-order valence-corrected chi connectivity index (χ1v) is 6.85. The summed E-state index contributed by atoms with van der Waals surface area (Å²) in [6, 6.07) is 6.48. The molecule has 0 spiro atoms. The molecule has 1 saturated heterocycles. The monoisotopic (exact) mass is 293 g/mol. The largest absolute Gasteiger partial charge is 0.496 e. The molecular weight excluding hydrogens is 274 g/mol. The van der Waals surface area contributed by atoms with Crippen LogP contribution in [0.4, 0.5) is 0 Å². The Morgan fingerprint density at radius 2 is 2.10 bits per heavy atom. The first-order chi connectivity index (χ1) is 10.0. The second kappa shape index (κ2) is 6.58. The lowest BCUT2D eigenvalue weighted by atomic mass is 10.1. The van der Waals surface area contributed by atoms with E-state index in [0.29, 0.717) is 12.2 Å². The number of rotatable bonds is 5. The highest BCUT2D eigenvalue weighted by molar-refractivity contribution is 5.84. The van der Waals surface area contributed by atoms with Crippen molar-refractivity contribution >= 4 is 11.9 Å². The molecule has 0 saturated carbocycles. The summed E-state index contributed by atoms with van der Waals surface area (Å²) in [5.41, 5.74) is 0.903. The predicted octanol–water partition coefficient (Wildman–Crippen LogP) is 0.674. The maximum absolute atomic E-state index is 12.2.